The summed E-state index contributed by atoms with van der Waals surface area (Å²) in [5, 5.41) is 5.76. The van der Waals surface area contributed by atoms with Gasteiger partial charge in [0.05, 0.1) is 0 Å². The van der Waals surface area contributed by atoms with Crippen LogP contribution in [0.1, 0.15) is 51.8 Å². The van der Waals surface area contributed by atoms with Crippen LogP contribution >= 0.6 is 11.3 Å². The van der Waals surface area contributed by atoms with Crippen molar-refractivity contribution in [1.82, 2.24) is 10.2 Å². The lowest BCUT2D eigenvalue weighted by Crippen LogP contribution is -2.43. The normalized spacial score (nSPS) is 13.4. The zero-order chi connectivity index (χ0) is 14.1. The Morgan fingerprint density at radius 1 is 1.26 bits per heavy atom. The number of hydrogen-bond donors (Lipinski definition) is 1. The fraction of sp³-hybridized carbons (Fsp3) is 0.750. The minimum atomic E-state index is 0.587. The van der Waals surface area contributed by atoms with Crippen LogP contribution in [0.5, 0.6) is 0 Å². The van der Waals surface area contributed by atoms with Gasteiger partial charge >= 0.3 is 0 Å². The molecular formula is C16H30N2S. The summed E-state index contributed by atoms with van der Waals surface area (Å²) in [6.07, 6.45) is 3.94. The quantitative estimate of drug-likeness (QED) is 0.649. The second-order valence-electron chi connectivity index (χ2n) is 5.61. The molecule has 0 saturated carbocycles. The third-order valence-corrected chi connectivity index (χ3v) is 4.41. The molecule has 0 saturated heterocycles. The Hall–Kier alpha value is -0.380. The summed E-state index contributed by atoms with van der Waals surface area (Å²) in [4.78, 5) is 4.05. The van der Waals surface area contributed by atoms with Gasteiger partial charge in [0.2, 0.25) is 0 Å². The second-order valence-corrected chi connectivity index (χ2v) is 6.64. The van der Waals surface area contributed by atoms with Gasteiger partial charge in [0.25, 0.3) is 0 Å². The predicted octanol–water partition coefficient (Wildman–Crippen LogP) is 4.13. The van der Waals surface area contributed by atoms with Gasteiger partial charge in [-0.15, -0.1) is 11.3 Å². The predicted molar refractivity (Wildman–Crippen MR) is 86.9 cm³/mol. The first-order chi connectivity index (χ1) is 9.15. The van der Waals surface area contributed by atoms with E-state index in [2.05, 4.69) is 55.4 Å². The number of nitrogens with zero attached hydrogens (tertiary/aromatic N) is 1. The third-order valence-electron chi connectivity index (χ3n) is 3.54. The van der Waals surface area contributed by atoms with E-state index in [4.69, 9.17) is 0 Å². The summed E-state index contributed by atoms with van der Waals surface area (Å²) in [6.45, 7) is 12.5. The summed E-state index contributed by atoms with van der Waals surface area (Å²) in [7, 11) is 0. The van der Waals surface area contributed by atoms with Crippen LogP contribution < -0.4 is 5.32 Å². The van der Waals surface area contributed by atoms with E-state index in [0.717, 1.165) is 19.6 Å². The maximum atomic E-state index is 3.60. The Morgan fingerprint density at radius 2 is 2.05 bits per heavy atom. The number of unbranched alkanes of at least 4 members (excludes halogenated alkanes) is 2. The molecule has 1 aromatic heterocycles. The van der Waals surface area contributed by atoms with Crippen molar-refractivity contribution in [1.29, 1.82) is 0 Å². The molecule has 0 amide bonds. The highest BCUT2D eigenvalue weighted by Crippen LogP contribution is 2.16. The average molecular weight is 282 g/mol. The van der Waals surface area contributed by atoms with Crippen molar-refractivity contribution in [2.45, 2.75) is 65.6 Å². The largest absolute Gasteiger partial charge is 0.315 e. The van der Waals surface area contributed by atoms with E-state index in [1.165, 1.54) is 24.1 Å². The lowest BCUT2D eigenvalue weighted by Gasteiger charge is -2.32. The minimum Gasteiger partial charge on any atom is -0.315 e. The highest BCUT2D eigenvalue weighted by Gasteiger charge is 2.17. The lowest BCUT2D eigenvalue weighted by molar-refractivity contribution is 0.153. The maximum Gasteiger partial charge on any atom is 0.0333 e. The molecule has 1 rings (SSSR count). The highest BCUT2D eigenvalue weighted by molar-refractivity contribution is 7.09. The van der Waals surface area contributed by atoms with E-state index in [1.807, 2.05) is 11.3 Å². The zero-order valence-corrected chi connectivity index (χ0v) is 13.8. The molecule has 0 radical (unpaired) electrons. The van der Waals surface area contributed by atoms with Gasteiger partial charge in [0.15, 0.2) is 0 Å². The molecule has 0 spiro atoms. The van der Waals surface area contributed by atoms with Gasteiger partial charge in [-0.3, -0.25) is 4.90 Å². The van der Waals surface area contributed by atoms with Gasteiger partial charge in [-0.25, -0.2) is 0 Å². The molecule has 1 heterocycles. The van der Waals surface area contributed by atoms with E-state index >= 15 is 0 Å². The molecule has 0 aliphatic rings. The van der Waals surface area contributed by atoms with Crippen LogP contribution in [0.4, 0.5) is 0 Å². The Labute approximate surface area is 123 Å². The maximum absolute atomic E-state index is 3.60. The molecule has 1 atom stereocenters. The van der Waals surface area contributed by atoms with Crippen molar-refractivity contribution >= 4 is 11.3 Å². The summed E-state index contributed by atoms with van der Waals surface area (Å²) in [5.41, 5.74) is 0. The Bertz CT molecular complexity index is 309. The Balaban J connectivity index is 2.34. The first-order valence-corrected chi connectivity index (χ1v) is 8.52. The van der Waals surface area contributed by atoms with Crippen molar-refractivity contribution in [3.63, 3.8) is 0 Å². The molecule has 0 bridgehead atoms. The molecule has 110 valence electrons. The fourth-order valence-corrected chi connectivity index (χ4v) is 3.07. The van der Waals surface area contributed by atoms with Gasteiger partial charge in [-0.05, 0) is 45.2 Å². The fourth-order valence-electron chi connectivity index (χ4n) is 2.36. The Morgan fingerprint density at radius 3 is 2.63 bits per heavy atom. The molecule has 1 N–H and O–H groups in total. The monoisotopic (exact) mass is 282 g/mol. The first-order valence-electron chi connectivity index (χ1n) is 7.64. The smallest absolute Gasteiger partial charge is 0.0333 e. The van der Waals surface area contributed by atoms with Crippen LogP contribution in [0.3, 0.4) is 0 Å². The zero-order valence-electron chi connectivity index (χ0n) is 13.0. The van der Waals surface area contributed by atoms with Crippen LogP contribution in [0, 0.1) is 0 Å². The SMILES string of the molecule is CCCCCNCC(C)N(Cc1cccs1)C(C)C. The summed E-state index contributed by atoms with van der Waals surface area (Å²) >= 11 is 1.86. The van der Waals surface area contributed by atoms with Crippen LogP contribution in [0.2, 0.25) is 0 Å². The lowest BCUT2D eigenvalue weighted by atomic mass is 10.2. The van der Waals surface area contributed by atoms with Crippen molar-refractivity contribution in [2.24, 2.45) is 0 Å². The molecule has 2 nitrogen and oxygen atoms in total. The van der Waals surface area contributed by atoms with E-state index in [1.54, 1.807) is 0 Å². The van der Waals surface area contributed by atoms with E-state index in [9.17, 15) is 0 Å². The molecule has 0 aliphatic heterocycles. The summed E-state index contributed by atoms with van der Waals surface area (Å²) < 4.78 is 0. The van der Waals surface area contributed by atoms with Crippen LogP contribution in [-0.4, -0.2) is 30.1 Å². The van der Waals surface area contributed by atoms with E-state index in [-0.39, 0.29) is 0 Å². The molecule has 0 fully saturated rings. The van der Waals surface area contributed by atoms with Crippen molar-refractivity contribution in [3.8, 4) is 0 Å². The minimum absolute atomic E-state index is 0.587. The van der Waals surface area contributed by atoms with Crippen molar-refractivity contribution in [2.75, 3.05) is 13.1 Å². The summed E-state index contributed by atoms with van der Waals surface area (Å²) in [5.74, 6) is 0. The van der Waals surface area contributed by atoms with Crippen LogP contribution in [0.25, 0.3) is 0 Å². The Kier molecular flexibility index (Phi) is 8.35. The van der Waals surface area contributed by atoms with Crippen molar-refractivity contribution in [3.05, 3.63) is 22.4 Å². The molecule has 1 unspecified atom stereocenters. The van der Waals surface area contributed by atoms with Gasteiger partial charge in [0, 0.05) is 30.1 Å². The molecule has 1 aromatic rings. The van der Waals surface area contributed by atoms with Gasteiger partial charge in [0.1, 0.15) is 0 Å². The van der Waals surface area contributed by atoms with Crippen molar-refractivity contribution < 1.29 is 0 Å². The van der Waals surface area contributed by atoms with Crippen LogP contribution in [0.15, 0.2) is 17.5 Å². The number of rotatable bonds is 10. The molecular weight excluding hydrogens is 252 g/mol. The topological polar surface area (TPSA) is 15.3 Å². The average Bonchev–Trinajstić information content (AvgIpc) is 2.88. The number of nitrogens with one attached hydrogen (secondary N) is 1. The third kappa shape index (κ3) is 6.55. The molecule has 0 aromatic carbocycles. The molecule has 0 aliphatic carbocycles. The van der Waals surface area contributed by atoms with Crippen LogP contribution in [-0.2, 0) is 6.54 Å². The van der Waals surface area contributed by atoms with Gasteiger partial charge in [-0.1, -0.05) is 25.8 Å². The van der Waals surface area contributed by atoms with E-state index in [0.29, 0.717) is 12.1 Å². The standard InChI is InChI=1S/C16H30N2S/c1-5-6-7-10-17-12-15(4)18(14(2)3)13-16-9-8-11-19-16/h8-9,11,14-15,17H,5-7,10,12-13H2,1-4H3. The second kappa shape index (κ2) is 9.51. The first kappa shape index (κ1) is 16.7. The molecule has 3 heteroatoms. The van der Waals surface area contributed by atoms with Gasteiger partial charge < -0.3 is 5.32 Å². The van der Waals surface area contributed by atoms with E-state index < -0.39 is 0 Å². The number of thiophene rings is 1. The molecule has 19 heavy (non-hydrogen) atoms. The summed E-state index contributed by atoms with van der Waals surface area (Å²) in [6, 6.07) is 5.56. The van der Waals surface area contributed by atoms with Gasteiger partial charge in [-0.2, -0.15) is 0 Å². The highest BCUT2D eigenvalue weighted by atomic mass is 32.1. The number of hydrogen-bond acceptors (Lipinski definition) is 3.